The third kappa shape index (κ3) is 2.08. The first-order chi connectivity index (χ1) is 6.34. The Bertz CT molecular complexity index is 443. The monoisotopic (exact) mass is 221 g/mol. The van der Waals surface area contributed by atoms with Crippen LogP contribution in [0.1, 0.15) is 17.6 Å². The summed E-state index contributed by atoms with van der Waals surface area (Å²) in [5.41, 5.74) is -0.321. The van der Waals surface area contributed by atoms with Gasteiger partial charge >= 0.3 is 0 Å². The van der Waals surface area contributed by atoms with E-state index in [-0.39, 0.29) is 5.56 Å². The SMILES string of the molecule is Cc1cccc(C(F)F)c1S(N)(=O)=O. The van der Waals surface area contributed by atoms with Crippen LogP contribution in [-0.2, 0) is 10.0 Å². The molecule has 0 fully saturated rings. The summed E-state index contributed by atoms with van der Waals surface area (Å²) < 4.78 is 46.9. The average Bonchev–Trinajstić information content (AvgIpc) is 2.01. The van der Waals surface area contributed by atoms with Gasteiger partial charge in [-0.3, -0.25) is 0 Å². The molecule has 14 heavy (non-hydrogen) atoms. The Morgan fingerprint density at radius 3 is 2.29 bits per heavy atom. The number of sulfonamides is 1. The summed E-state index contributed by atoms with van der Waals surface area (Å²) >= 11 is 0. The number of halogens is 2. The smallest absolute Gasteiger partial charge is 0.225 e. The van der Waals surface area contributed by atoms with E-state index < -0.39 is 26.9 Å². The summed E-state index contributed by atoms with van der Waals surface area (Å²) in [4.78, 5) is -0.477. The van der Waals surface area contributed by atoms with Crippen LogP contribution in [0.15, 0.2) is 23.1 Å². The highest BCUT2D eigenvalue weighted by atomic mass is 32.2. The van der Waals surface area contributed by atoms with Crippen LogP contribution in [-0.4, -0.2) is 8.42 Å². The lowest BCUT2D eigenvalue weighted by Crippen LogP contribution is -2.16. The molecule has 2 N–H and O–H groups in total. The highest BCUT2D eigenvalue weighted by molar-refractivity contribution is 7.89. The number of aryl methyl sites for hydroxylation is 1. The van der Waals surface area contributed by atoms with Crippen LogP contribution in [0.3, 0.4) is 0 Å². The van der Waals surface area contributed by atoms with Gasteiger partial charge in [-0.25, -0.2) is 22.3 Å². The Balaban J connectivity index is 3.54. The molecule has 0 aliphatic heterocycles. The molecule has 0 aliphatic rings. The fourth-order valence-corrected chi connectivity index (χ4v) is 2.24. The van der Waals surface area contributed by atoms with E-state index in [1.54, 1.807) is 0 Å². The maximum Gasteiger partial charge on any atom is 0.265 e. The minimum atomic E-state index is -4.09. The van der Waals surface area contributed by atoms with Crippen molar-refractivity contribution in [3.8, 4) is 0 Å². The van der Waals surface area contributed by atoms with E-state index in [1.807, 2.05) is 0 Å². The topological polar surface area (TPSA) is 60.2 Å². The molecule has 3 nitrogen and oxygen atoms in total. The minimum Gasteiger partial charge on any atom is -0.225 e. The number of benzene rings is 1. The summed E-state index contributed by atoms with van der Waals surface area (Å²) in [6, 6.07) is 3.84. The molecule has 0 aromatic heterocycles. The molecular formula is C8H9F2NO2S. The lowest BCUT2D eigenvalue weighted by molar-refractivity contribution is 0.148. The molecule has 1 aromatic carbocycles. The van der Waals surface area contributed by atoms with Crippen LogP contribution in [0.2, 0.25) is 0 Å². The summed E-state index contributed by atoms with van der Waals surface area (Å²) in [5, 5.41) is 4.84. The molecule has 0 unspecified atom stereocenters. The molecule has 0 atom stereocenters. The molecular weight excluding hydrogens is 212 g/mol. The molecule has 78 valence electrons. The molecule has 0 radical (unpaired) electrons. The van der Waals surface area contributed by atoms with Crippen molar-refractivity contribution in [2.75, 3.05) is 0 Å². The number of nitrogens with two attached hydrogens (primary N) is 1. The molecule has 0 amide bonds. The van der Waals surface area contributed by atoms with Crippen molar-refractivity contribution in [3.05, 3.63) is 29.3 Å². The van der Waals surface area contributed by atoms with E-state index in [1.165, 1.54) is 19.1 Å². The zero-order valence-corrected chi connectivity index (χ0v) is 8.18. The fourth-order valence-electron chi connectivity index (χ4n) is 1.24. The van der Waals surface area contributed by atoms with E-state index in [0.717, 1.165) is 6.07 Å². The van der Waals surface area contributed by atoms with Gasteiger partial charge in [0.05, 0.1) is 4.90 Å². The fraction of sp³-hybridized carbons (Fsp3) is 0.250. The van der Waals surface area contributed by atoms with Gasteiger partial charge < -0.3 is 0 Å². The Kier molecular flexibility index (Phi) is 2.86. The third-order valence-electron chi connectivity index (χ3n) is 1.76. The van der Waals surface area contributed by atoms with Crippen LogP contribution >= 0.6 is 0 Å². The van der Waals surface area contributed by atoms with Gasteiger partial charge in [0.25, 0.3) is 6.43 Å². The number of hydrogen-bond acceptors (Lipinski definition) is 2. The second-order valence-electron chi connectivity index (χ2n) is 2.84. The molecule has 0 saturated carbocycles. The standard InChI is InChI=1S/C8H9F2NO2S/c1-5-3-2-4-6(8(9)10)7(5)14(11,12)13/h2-4,8H,1H3,(H2,11,12,13). The van der Waals surface area contributed by atoms with E-state index in [9.17, 15) is 17.2 Å². The van der Waals surface area contributed by atoms with Crippen LogP contribution < -0.4 is 5.14 Å². The van der Waals surface area contributed by atoms with Crippen LogP contribution in [0, 0.1) is 6.92 Å². The normalized spacial score (nSPS) is 12.1. The van der Waals surface area contributed by atoms with Gasteiger partial charge in [0.15, 0.2) is 0 Å². The Morgan fingerprint density at radius 2 is 1.93 bits per heavy atom. The third-order valence-corrected chi connectivity index (χ3v) is 2.89. The van der Waals surface area contributed by atoms with E-state index in [2.05, 4.69) is 0 Å². The highest BCUT2D eigenvalue weighted by Crippen LogP contribution is 2.27. The second-order valence-corrected chi connectivity index (χ2v) is 4.34. The van der Waals surface area contributed by atoms with Crippen molar-refractivity contribution in [1.82, 2.24) is 0 Å². The van der Waals surface area contributed by atoms with E-state index in [0.29, 0.717) is 0 Å². The van der Waals surface area contributed by atoms with Gasteiger partial charge in [-0.15, -0.1) is 0 Å². The van der Waals surface area contributed by atoms with Gasteiger partial charge in [0, 0.05) is 5.56 Å². The molecule has 0 bridgehead atoms. The Morgan fingerprint density at radius 1 is 1.36 bits per heavy atom. The summed E-state index contributed by atoms with van der Waals surface area (Å²) in [5.74, 6) is 0. The van der Waals surface area contributed by atoms with E-state index >= 15 is 0 Å². The van der Waals surface area contributed by atoms with Crippen molar-refractivity contribution >= 4 is 10.0 Å². The Labute approximate surface area is 80.6 Å². The van der Waals surface area contributed by atoms with Crippen LogP contribution in [0.5, 0.6) is 0 Å². The van der Waals surface area contributed by atoms with Crippen molar-refractivity contribution in [3.63, 3.8) is 0 Å². The second kappa shape index (κ2) is 3.62. The molecule has 0 spiro atoms. The number of hydrogen-bond donors (Lipinski definition) is 1. The predicted octanol–water partition coefficient (Wildman–Crippen LogP) is 1.58. The molecule has 1 aromatic rings. The minimum absolute atomic E-state index is 0.227. The molecule has 1 rings (SSSR count). The maximum absolute atomic E-state index is 12.4. The van der Waals surface area contributed by atoms with E-state index in [4.69, 9.17) is 5.14 Å². The van der Waals surface area contributed by atoms with Crippen LogP contribution in [0.25, 0.3) is 0 Å². The summed E-state index contributed by atoms with van der Waals surface area (Å²) in [6.45, 7) is 1.42. The number of rotatable bonds is 2. The first-order valence-electron chi connectivity index (χ1n) is 3.74. The quantitative estimate of drug-likeness (QED) is 0.824. The molecule has 0 aliphatic carbocycles. The van der Waals surface area contributed by atoms with Crippen LogP contribution in [0.4, 0.5) is 8.78 Å². The van der Waals surface area contributed by atoms with Crippen molar-refractivity contribution in [2.24, 2.45) is 5.14 Å². The zero-order valence-electron chi connectivity index (χ0n) is 7.37. The molecule has 0 heterocycles. The number of primary sulfonamides is 1. The summed E-state index contributed by atoms with van der Waals surface area (Å²) in [6.07, 6.45) is -2.84. The van der Waals surface area contributed by atoms with Crippen molar-refractivity contribution in [1.29, 1.82) is 0 Å². The first-order valence-corrected chi connectivity index (χ1v) is 5.29. The largest absolute Gasteiger partial charge is 0.265 e. The average molecular weight is 221 g/mol. The highest BCUT2D eigenvalue weighted by Gasteiger charge is 2.21. The van der Waals surface area contributed by atoms with Gasteiger partial charge in [-0.1, -0.05) is 18.2 Å². The number of alkyl halides is 2. The maximum atomic E-state index is 12.4. The zero-order chi connectivity index (χ0) is 10.9. The van der Waals surface area contributed by atoms with Crippen molar-refractivity contribution < 1.29 is 17.2 Å². The summed E-state index contributed by atoms with van der Waals surface area (Å²) in [7, 11) is -4.09. The van der Waals surface area contributed by atoms with Gasteiger partial charge in [-0.05, 0) is 12.5 Å². The van der Waals surface area contributed by atoms with Gasteiger partial charge in [-0.2, -0.15) is 0 Å². The lowest BCUT2D eigenvalue weighted by Gasteiger charge is -2.09. The lowest BCUT2D eigenvalue weighted by atomic mass is 10.1. The Hall–Kier alpha value is -1.01. The predicted molar refractivity (Wildman–Crippen MR) is 47.5 cm³/mol. The van der Waals surface area contributed by atoms with Gasteiger partial charge in [0.2, 0.25) is 10.0 Å². The first kappa shape index (κ1) is 11.1. The molecule has 0 saturated heterocycles. The van der Waals surface area contributed by atoms with Crippen molar-refractivity contribution in [2.45, 2.75) is 18.2 Å². The van der Waals surface area contributed by atoms with Gasteiger partial charge in [0.1, 0.15) is 0 Å². The molecule has 6 heteroatoms.